The third-order valence-electron chi connectivity index (χ3n) is 6.52. The first-order valence-corrected chi connectivity index (χ1v) is 13.2. The molecule has 0 radical (unpaired) electrons. The summed E-state index contributed by atoms with van der Waals surface area (Å²) >= 11 is 1.05. The van der Waals surface area contributed by atoms with Gasteiger partial charge in [0.2, 0.25) is 5.91 Å². The number of carbonyl (C=O) groups excluding carboxylic acids is 1. The second kappa shape index (κ2) is 11.7. The van der Waals surface area contributed by atoms with Crippen LogP contribution in [0.2, 0.25) is 0 Å². The summed E-state index contributed by atoms with van der Waals surface area (Å²) in [7, 11) is 0. The minimum Gasteiger partial charge on any atom is -0.465 e. The van der Waals surface area contributed by atoms with Crippen molar-refractivity contribution in [1.82, 2.24) is 9.88 Å². The third-order valence-corrected chi connectivity index (χ3v) is 7.78. The van der Waals surface area contributed by atoms with E-state index in [0.29, 0.717) is 30.5 Å². The molecule has 1 aromatic carbocycles. The molecular formula is C27H32N6O4S. The summed E-state index contributed by atoms with van der Waals surface area (Å²) in [5.74, 6) is -0.305. The highest BCUT2D eigenvalue weighted by molar-refractivity contribution is 8.00. The molecule has 1 unspecified atom stereocenters. The van der Waals surface area contributed by atoms with Crippen molar-refractivity contribution in [3.63, 3.8) is 0 Å². The van der Waals surface area contributed by atoms with E-state index in [9.17, 15) is 30.3 Å². The molecule has 1 aliphatic rings. The second-order valence-corrected chi connectivity index (χ2v) is 11.1. The number of benzene rings is 1. The van der Waals surface area contributed by atoms with Gasteiger partial charge in [0, 0.05) is 18.6 Å². The first-order chi connectivity index (χ1) is 17.9. The van der Waals surface area contributed by atoms with Crippen LogP contribution in [0.25, 0.3) is 0 Å². The number of hydrogen-bond acceptors (Lipinski definition) is 8. The molecule has 0 bridgehead atoms. The molecule has 0 aliphatic carbocycles. The quantitative estimate of drug-likeness (QED) is 0.449. The maximum absolute atomic E-state index is 12.4. The van der Waals surface area contributed by atoms with E-state index in [-0.39, 0.29) is 28.5 Å². The molecule has 3 rings (SSSR count). The molecule has 1 aliphatic heterocycles. The highest BCUT2D eigenvalue weighted by Crippen LogP contribution is 2.40. The van der Waals surface area contributed by atoms with Crippen LogP contribution in [-0.4, -0.2) is 62.9 Å². The number of aliphatic hydroxyl groups is 1. The van der Waals surface area contributed by atoms with Crippen molar-refractivity contribution in [3.8, 4) is 12.1 Å². The van der Waals surface area contributed by atoms with E-state index in [1.807, 2.05) is 13.0 Å². The molecular weight excluding hydrogens is 504 g/mol. The lowest BCUT2D eigenvalue weighted by Crippen LogP contribution is -2.61. The molecule has 4 N–H and O–H groups in total. The van der Waals surface area contributed by atoms with Crippen LogP contribution >= 0.6 is 11.8 Å². The summed E-state index contributed by atoms with van der Waals surface area (Å²) in [5.41, 5.74) is 6.59. The molecule has 3 atom stereocenters. The van der Waals surface area contributed by atoms with Crippen LogP contribution in [0.3, 0.4) is 0 Å². The number of thioether (sulfide) groups is 1. The molecule has 11 heteroatoms. The number of amides is 2. The van der Waals surface area contributed by atoms with Crippen molar-refractivity contribution in [1.29, 1.82) is 10.5 Å². The predicted octanol–water partition coefficient (Wildman–Crippen LogP) is 3.42. The Morgan fingerprint density at radius 3 is 2.34 bits per heavy atom. The van der Waals surface area contributed by atoms with Gasteiger partial charge in [-0.05, 0) is 44.7 Å². The lowest BCUT2D eigenvalue weighted by molar-refractivity contribution is -0.117. The number of primary amides is 1. The number of nitrogens with two attached hydrogens (primary N) is 1. The summed E-state index contributed by atoms with van der Waals surface area (Å²) in [6.07, 6.45) is -1.46. The number of carbonyl (C=O) groups is 2. The fourth-order valence-corrected chi connectivity index (χ4v) is 5.92. The first-order valence-electron chi connectivity index (χ1n) is 12.3. The molecule has 1 fully saturated rings. The zero-order valence-corrected chi connectivity index (χ0v) is 22.7. The van der Waals surface area contributed by atoms with Crippen molar-refractivity contribution in [3.05, 3.63) is 52.6 Å². The third kappa shape index (κ3) is 5.85. The monoisotopic (exact) mass is 536 g/mol. The van der Waals surface area contributed by atoms with Gasteiger partial charge >= 0.3 is 6.09 Å². The number of aromatic nitrogens is 1. The van der Waals surface area contributed by atoms with Crippen LogP contribution in [-0.2, 0) is 11.2 Å². The van der Waals surface area contributed by atoms with Gasteiger partial charge in [-0.15, -0.1) is 0 Å². The van der Waals surface area contributed by atoms with Crippen molar-refractivity contribution >= 4 is 29.6 Å². The van der Waals surface area contributed by atoms with Gasteiger partial charge in [0.25, 0.3) is 0 Å². The SMILES string of the molecule is CCc1c(C#N)c(SC(C(N)=O)c2ccccc2)nc(N2CC[C@@H](N(C(=O)O)C(C)(C)C)[C@H](O)C2)c1C#N. The normalized spacial score (nSPS) is 18.2. The molecule has 200 valence electrons. The van der Waals surface area contributed by atoms with Crippen LogP contribution in [0.15, 0.2) is 35.4 Å². The van der Waals surface area contributed by atoms with Gasteiger partial charge in [-0.2, -0.15) is 10.5 Å². The predicted molar refractivity (Wildman–Crippen MR) is 144 cm³/mol. The smallest absolute Gasteiger partial charge is 0.408 e. The number of pyridine rings is 1. The van der Waals surface area contributed by atoms with E-state index in [0.717, 1.165) is 11.8 Å². The Labute approximate surface area is 226 Å². The highest BCUT2D eigenvalue weighted by atomic mass is 32.2. The Morgan fingerprint density at radius 2 is 1.87 bits per heavy atom. The lowest BCUT2D eigenvalue weighted by atomic mass is 9.94. The van der Waals surface area contributed by atoms with Crippen LogP contribution in [0.1, 0.15) is 61.6 Å². The summed E-state index contributed by atoms with van der Waals surface area (Å²) in [5, 5.41) is 40.3. The molecule has 2 amide bonds. The Kier molecular flexibility index (Phi) is 8.87. The Balaban J connectivity index is 2.06. The fraction of sp³-hybridized carbons (Fsp3) is 0.444. The first kappa shape index (κ1) is 28.8. The van der Waals surface area contributed by atoms with E-state index < -0.39 is 34.9 Å². The van der Waals surface area contributed by atoms with E-state index in [4.69, 9.17) is 5.73 Å². The highest BCUT2D eigenvalue weighted by Gasteiger charge is 2.41. The number of β-amino-alcohol motifs (C(OH)–C–C–N with tert-alkyl or cyclic N) is 1. The van der Waals surface area contributed by atoms with Gasteiger partial charge in [0.05, 0.1) is 23.3 Å². The van der Waals surface area contributed by atoms with Crippen LogP contribution in [0.4, 0.5) is 10.6 Å². The van der Waals surface area contributed by atoms with E-state index in [1.165, 1.54) is 4.90 Å². The largest absolute Gasteiger partial charge is 0.465 e. The minimum absolute atomic E-state index is 0.0449. The average Bonchev–Trinajstić information content (AvgIpc) is 2.86. The van der Waals surface area contributed by atoms with Crippen LogP contribution in [0.5, 0.6) is 0 Å². The minimum atomic E-state index is -1.12. The number of carboxylic acid groups (broad SMARTS) is 1. The topological polar surface area (TPSA) is 168 Å². The number of rotatable bonds is 7. The lowest BCUT2D eigenvalue weighted by Gasteiger charge is -2.46. The van der Waals surface area contributed by atoms with Gasteiger partial charge < -0.3 is 20.8 Å². The van der Waals surface area contributed by atoms with Gasteiger partial charge in [-0.25, -0.2) is 9.78 Å². The van der Waals surface area contributed by atoms with Crippen LogP contribution in [0, 0.1) is 22.7 Å². The summed E-state index contributed by atoms with van der Waals surface area (Å²) in [6, 6.07) is 12.6. The molecule has 2 aromatic rings. The fourth-order valence-electron chi connectivity index (χ4n) is 4.87. The zero-order valence-electron chi connectivity index (χ0n) is 21.9. The Hall–Kier alpha value is -3.80. The van der Waals surface area contributed by atoms with Crippen LogP contribution < -0.4 is 10.6 Å². The molecule has 0 spiro atoms. The summed E-state index contributed by atoms with van der Waals surface area (Å²) in [4.78, 5) is 32.1. The number of piperidine rings is 1. The van der Waals surface area contributed by atoms with E-state index >= 15 is 0 Å². The number of hydrogen-bond donors (Lipinski definition) is 3. The molecule has 38 heavy (non-hydrogen) atoms. The number of nitrogens with zero attached hydrogens (tertiary/aromatic N) is 5. The van der Waals surface area contributed by atoms with Gasteiger partial charge in [-0.1, -0.05) is 49.0 Å². The van der Waals surface area contributed by atoms with Crippen molar-refractivity contribution in [2.75, 3.05) is 18.0 Å². The molecule has 1 aromatic heterocycles. The number of aliphatic hydroxyl groups excluding tert-OH is 1. The maximum atomic E-state index is 12.4. The van der Waals surface area contributed by atoms with Crippen molar-refractivity contribution < 1.29 is 19.8 Å². The number of nitriles is 2. The van der Waals surface area contributed by atoms with E-state index in [1.54, 1.807) is 49.9 Å². The zero-order chi connectivity index (χ0) is 28.2. The Morgan fingerprint density at radius 1 is 1.24 bits per heavy atom. The summed E-state index contributed by atoms with van der Waals surface area (Å²) < 4.78 is 0. The summed E-state index contributed by atoms with van der Waals surface area (Å²) in [6.45, 7) is 7.52. The van der Waals surface area contributed by atoms with Crippen molar-refractivity contribution in [2.24, 2.45) is 5.73 Å². The van der Waals surface area contributed by atoms with Gasteiger partial charge in [0.1, 0.15) is 28.2 Å². The molecule has 10 nitrogen and oxygen atoms in total. The van der Waals surface area contributed by atoms with Crippen molar-refractivity contribution in [2.45, 2.75) is 68.5 Å². The second-order valence-electron chi connectivity index (χ2n) is 10.1. The van der Waals surface area contributed by atoms with Gasteiger partial charge in [-0.3, -0.25) is 9.69 Å². The molecule has 2 heterocycles. The Bertz CT molecular complexity index is 1280. The standard InChI is InChI=1S/C27H32N6O4S/c1-5-17-18(13-28)24(32-12-11-20(21(34)15-32)33(26(36)37)27(2,3)4)31-25(19(17)14-29)38-22(23(30)35)16-9-7-6-8-10-16/h6-10,20-22,34H,5,11-12,15H2,1-4H3,(H2,30,35)(H,36,37)/t20-,21-,22?/m1/s1. The molecule has 0 saturated carbocycles. The van der Waals surface area contributed by atoms with E-state index in [2.05, 4.69) is 17.1 Å². The average molecular weight is 537 g/mol. The molecule has 1 saturated heterocycles. The maximum Gasteiger partial charge on any atom is 0.408 e. The number of anilines is 1. The van der Waals surface area contributed by atoms with Gasteiger partial charge in [0.15, 0.2) is 0 Å².